The van der Waals surface area contributed by atoms with Crippen LogP contribution in [-0.2, 0) is 35.0 Å². The Morgan fingerprint density at radius 2 is 2.03 bits per heavy atom. The third-order valence-electron chi connectivity index (χ3n) is 5.65. The minimum atomic E-state index is -4.71. The third-order valence-corrected chi connectivity index (χ3v) is 5.65. The lowest BCUT2D eigenvalue weighted by molar-refractivity contribution is -0.137. The van der Waals surface area contributed by atoms with Crippen molar-refractivity contribution in [1.82, 2.24) is 15.1 Å². The molecule has 0 aliphatic carbocycles. The van der Waals surface area contributed by atoms with Crippen LogP contribution in [0.5, 0.6) is 0 Å². The second kappa shape index (κ2) is 11.7. The van der Waals surface area contributed by atoms with Crippen LogP contribution < -0.4 is 5.32 Å². The largest absolute Gasteiger partial charge is 0.462 e. The van der Waals surface area contributed by atoms with E-state index in [4.69, 9.17) is 9.47 Å². The molecule has 0 saturated heterocycles. The van der Waals surface area contributed by atoms with E-state index in [2.05, 4.69) is 10.4 Å². The summed E-state index contributed by atoms with van der Waals surface area (Å²) in [5.41, 5.74) is 0.261. The molecule has 1 aliphatic rings. The number of nitrogens with zero attached hydrogens (tertiary/aromatic N) is 2. The zero-order valence-corrected chi connectivity index (χ0v) is 19.7. The fourth-order valence-electron chi connectivity index (χ4n) is 3.88. The minimum absolute atomic E-state index is 0.106. The van der Waals surface area contributed by atoms with Crippen molar-refractivity contribution in [3.63, 3.8) is 0 Å². The number of hydrogen-bond donors (Lipinski definition) is 1. The molecule has 7 nitrogen and oxygen atoms in total. The maximum atomic E-state index is 14.1. The predicted octanol–water partition coefficient (Wildman–Crippen LogP) is 4.18. The van der Waals surface area contributed by atoms with Gasteiger partial charge in [-0.1, -0.05) is 13.8 Å². The Kier molecular flexibility index (Phi) is 8.87. The molecule has 1 aliphatic heterocycles. The molecule has 2 aromatic rings. The minimum Gasteiger partial charge on any atom is -0.462 e. The fourth-order valence-corrected chi connectivity index (χ4v) is 3.88. The van der Waals surface area contributed by atoms with Gasteiger partial charge in [-0.2, -0.15) is 18.3 Å². The summed E-state index contributed by atoms with van der Waals surface area (Å²) < 4.78 is 64.7. The van der Waals surface area contributed by atoms with Crippen molar-refractivity contribution >= 4 is 11.9 Å². The summed E-state index contributed by atoms with van der Waals surface area (Å²) in [4.78, 5) is 25.1. The highest BCUT2D eigenvalue weighted by Gasteiger charge is 2.32. The van der Waals surface area contributed by atoms with Gasteiger partial charge in [0, 0.05) is 32.2 Å². The summed E-state index contributed by atoms with van der Waals surface area (Å²) in [5.74, 6) is -2.78. The molecule has 3 rings (SSSR count). The second-order valence-corrected chi connectivity index (χ2v) is 8.53. The number of ether oxygens (including phenoxy) is 2. The molecule has 1 amide bonds. The van der Waals surface area contributed by atoms with Gasteiger partial charge >= 0.3 is 12.1 Å². The zero-order valence-electron chi connectivity index (χ0n) is 19.7. The van der Waals surface area contributed by atoms with Crippen LogP contribution in [0.25, 0.3) is 0 Å². The molecule has 1 N–H and O–H groups in total. The van der Waals surface area contributed by atoms with Crippen molar-refractivity contribution in [2.24, 2.45) is 5.92 Å². The number of carbonyl (C=O) groups is 2. The van der Waals surface area contributed by atoms with E-state index in [-0.39, 0.29) is 24.5 Å². The number of benzene rings is 1. The first-order chi connectivity index (χ1) is 16.6. The Bertz CT molecular complexity index is 1050. The smallest absolute Gasteiger partial charge is 0.416 e. The molecule has 11 heteroatoms. The molecular formula is C24H29F4N3O4. The zero-order chi connectivity index (χ0) is 25.6. The number of fused-ring (bicyclic) bond motifs is 1. The number of halogens is 4. The van der Waals surface area contributed by atoms with Gasteiger partial charge in [0.05, 0.1) is 34.7 Å². The van der Waals surface area contributed by atoms with E-state index in [9.17, 15) is 27.2 Å². The normalized spacial score (nSPS) is 16.1. The van der Waals surface area contributed by atoms with Crippen molar-refractivity contribution in [2.75, 3.05) is 26.4 Å². The summed E-state index contributed by atoms with van der Waals surface area (Å²) in [7, 11) is 0. The molecular weight excluding hydrogens is 470 g/mol. The van der Waals surface area contributed by atoms with Crippen LogP contribution in [0, 0.1) is 11.7 Å². The highest BCUT2D eigenvalue weighted by molar-refractivity contribution is 5.96. The van der Waals surface area contributed by atoms with Crippen LogP contribution in [0.15, 0.2) is 18.2 Å². The molecule has 0 spiro atoms. The molecule has 192 valence electrons. The molecule has 0 bridgehead atoms. The summed E-state index contributed by atoms with van der Waals surface area (Å²) in [5, 5.41) is 7.52. The summed E-state index contributed by atoms with van der Waals surface area (Å²) in [6.07, 6.45) is -2.13. The monoisotopic (exact) mass is 499 g/mol. The van der Waals surface area contributed by atoms with Crippen LogP contribution in [-0.4, -0.2) is 48.0 Å². The number of alkyl halides is 3. The van der Waals surface area contributed by atoms with Crippen LogP contribution in [0.4, 0.5) is 17.6 Å². The lowest BCUT2D eigenvalue weighted by Gasteiger charge is -2.15. The number of hydrogen-bond acceptors (Lipinski definition) is 5. The molecule has 1 atom stereocenters. The number of esters is 1. The van der Waals surface area contributed by atoms with Crippen LogP contribution in [0.1, 0.15) is 64.4 Å². The Morgan fingerprint density at radius 3 is 2.71 bits per heavy atom. The van der Waals surface area contributed by atoms with Gasteiger partial charge in [-0.15, -0.1) is 0 Å². The van der Waals surface area contributed by atoms with Crippen molar-refractivity contribution in [3.8, 4) is 0 Å². The highest BCUT2D eigenvalue weighted by Crippen LogP contribution is 2.30. The molecule has 0 fully saturated rings. The molecule has 1 aromatic carbocycles. The lowest BCUT2D eigenvalue weighted by atomic mass is 10.1. The predicted molar refractivity (Wildman–Crippen MR) is 119 cm³/mol. The average Bonchev–Trinajstić information content (AvgIpc) is 3.13. The standard InChI is InChI=1S/C24H29F4N3O4/c1-3-19-21-20(6-4-10-34-11-5-9-29-22(21)32)31(30-19)13-15(2)14-35-23(33)17-8-7-16(12-18(17)25)24(26,27)28/h7-8,12,15H,3-6,9-11,13-14H2,1-2H3,(H,29,32)/t15-/m1/s1. The second-order valence-electron chi connectivity index (χ2n) is 8.53. The van der Waals surface area contributed by atoms with Gasteiger partial charge in [-0.25, -0.2) is 9.18 Å². The summed E-state index contributed by atoms with van der Waals surface area (Å²) >= 11 is 0. The highest BCUT2D eigenvalue weighted by atomic mass is 19.4. The number of nitrogens with one attached hydrogen (secondary N) is 1. The Morgan fingerprint density at radius 1 is 1.29 bits per heavy atom. The van der Waals surface area contributed by atoms with E-state index >= 15 is 0 Å². The first-order valence-electron chi connectivity index (χ1n) is 11.6. The number of rotatable bonds is 6. The molecule has 0 saturated carbocycles. The topological polar surface area (TPSA) is 82.5 Å². The summed E-state index contributed by atoms with van der Waals surface area (Å²) in [6.45, 7) is 5.57. The van der Waals surface area contributed by atoms with Crippen molar-refractivity contribution in [2.45, 2.75) is 52.3 Å². The van der Waals surface area contributed by atoms with E-state index < -0.39 is 29.1 Å². The van der Waals surface area contributed by atoms with E-state index in [1.165, 1.54) is 0 Å². The SMILES string of the molecule is CCc1nn(C[C@@H](C)COC(=O)c2ccc(C(F)(F)F)cc2F)c2c1C(=O)NCCCOCCC2. The molecule has 1 aromatic heterocycles. The maximum absolute atomic E-state index is 14.1. The molecule has 2 heterocycles. The van der Waals surface area contributed by atoms with Gasteiger partial charge in [0.1, 0.15) is 5.82 Å². The van der Waals surface area contributed by atoms with Gasteiger partial charge in [0.15, 0.2) is 0 Å². The Hall–Kier alpha value is -2.95. The van der Waals surface area contributed by atoms with E-state index in [1.807, 2.05) is 6.92 Å². The molecule has 0 radical (unpaired) electrons. The van der Waals surface area contributed by atoms with Crippen molar-refractivity contribution < 1.29 is 36.6 Å². The lowest BCUT2D eigenvalue weighted by Crippen LogP contribution is -2.27. The van der Waals surface area contributed by atoms with Gasteiger partial charge in [0.25, 0.3) is 5.91 Å². The maximum Gasteiger partial charge on any atom is 0.416 e. The first-order valence-corrected chi connectivity index (χ1v) is 11.6. The third kappa shape index (κ3) is 6.81. The van der Waals surface area contributed by atoms with Gasteiger partial charge < -0.3 is 14.8 Å². The Balaban J connectivity index is 1.70. The summed E-state index contributed by atoms with van der Waals surface area (Å²) in [6, 6.07) is 1.68. The van der Waals surface area contributed by atoms with Gasteiger partial charge in [-0.3, -0.25) is 9.48 Å². The fraction of sp³-hybridized carbons (Fsp3) is 0.542. The van der Waals surface area contributed by atoms with Crippen molar-refractivity contribution in [1.29, 1.82) is 0 Å². The molecule has 0 unspecified atom stereocenters. The number of aromatic nitrogens is 2. The average molecular weight is 500 g/mol. The van der Waals surface area contributed by atoms with Crippen LogP contribution in [0.3, 0.4) is 0 Å². The first kappa shape index (κ1) is 26.7. The quantitative estimate of drug-likeness (QED) is 0.477. The van der Waals surface area contributed by atoms with E-state index in [1.54, 1.807) is 11.6 Å². The number of amides is 1. The van der Waals surface area contributed by atoms with Gasteiger partial charge in [0.2, 0.25) is 0 Å². The van der Waals surface area contributed by atoms with E-state index in [0.29, 0.717) is 62.9 Å². The Labute approximate surface area is 200 Å². The van der Waals surface area contributed by atoms with Gasteiger partial charge in [-0.05, 0) is 43.9 Å². The van der Waals surface area contributed by atoms with Crippen molar-refractivity contribution in [3.05, 3.63) is 52.1 Å². The number of aryl methyl sites for hydroxylation is 1. The van der Waals surface area contributed by atoms with E-state index in [0.717, 1.165) is 18.2 Å². The molecule has 35 heavy (non-hydrogen) atoms. The number of carbonyl (C=O) groups excluding carboxylic acids is 2. The van der Waals surface area contributed by atoms with Crippen LogP contribution in [0.2, 0.25) is 0 Å². The van der Waals surface area contributed by atoms with Crippen LogP contribution >= 0.6 is 0 Å².